The van der Waals surface area contributed by atoms with Crippen molar-refractivity contribution in [3.63, 3.8) is 0 Å². The second-order valence-electron chi connectivity index (χ2n) is 11.3. The molecular weight excluding hydrogens is 613 g/mol. The van der Waals surface area contributed by atoms with Crippen LogP contribution in [0, 0.1) is 28.8 Å². The van der Waals surface area contributed by atoms with E-state index in [-0.39, 0.29) is 40.7 Å². The molecule has 1 aliphatic rings. The van der Waals surface area contributed by atoms with Gasteiger partial charge in [-0.3, -0.25) is 4.90 Å². The fourth-order valence-corrected chi connectivity index (χ4v) is 5.71. The molecule has 10 nitrogen and oxygen atoms in total. The van der Waals surface area contributed by atoms with Gasteiger partial charge in [0.05, 0.1) is 47.8 Å². The lowest BCUT2D eigenvalue weighted by Gasteiger charge is -2.32. The van der Waals surface area contributed by atoms with Gasteiger partial charge in [-0.2, -0.15) is 5.26 Å². The van der Waals surface area contributed by atoms with Crippen molar-refractivity contribution in [1.82, 2.24) is 24.0 Å². The number of aromatic nitrogens is 4. The first-order chi connectivity index (χ1) is 22.7. The van der Waals surface area contributed by atoms with Gasteiger partial charge < -0.3 is 23.7 Å². The number of carboxylic acid groups (broad SMARTS) is 1. The van der Waals surface area contributed by atoms with Gasteiger partial charge in [-0.15, -0.1) is 0 Å². The average molecular weight is 645 g/mol. The van der Waals surface area contributed by atoms with Crippen LogP contribution in [0.1, 0.15) is 52.8 Å². The molecule has 0 aliphatic carbocycles. The molecule has 0 saturated carbocycles. The quantitative estimate of drug-likeness (QED) is 0.189. The maximum absolute atomic E-state index is 15.0. The number of ether oxygens (including phenoxy) is 2. The number of rotatable bonds is 11. The Kier molecular flexibility index (Phi) is 9.12. The number of nitrogens with zero attached hydrogens (tertiary/aromatic N) is 6. The summed E-state index contributed by atoms with van der Waals surface area (Å²) in [7, 11) is 0. The molecule has 3 heterocycles. The number of carbonyl (C=O) groups is 1. The van der Waals surface area contributed by atoms with Crippen LogP contribution in [0.3, 0.4) is 0 Å². The molecule has 0 unspecified atom stereocenters. The smallest absolute Gasteiger partial charge is 0.335 e. The summed E-state index contributed by atoms with van der Waals surface area (Å²) in [6.45, 7) is 4.50. The Balaban J connectivity index is 1.13. The molecule has 13 heteroatoms. The number of likely N-dealkylation sites (tertiary alicyclic amines) is 1. The predicted octanol–water partition coefficient (Wildman–Crippen LogP) is 5.91. The van der Waals surface area contributed by atoms with Crippen LogP contribution in [0.25, 0.3) is 11.0 Å². The monoisotopic (exact) mass is 644 g/mol. The summed E-state index contributed by atoms with van der Waals surface area (Å²) in [4.78, 5) is 22.7. The first kappa shape index (κ1) is 31.6. The highest BCUT2D eigenvalue weighted by Gasteiger charge is 2.25. The standard InChI is InChI=1S/C34H31F3N6O4/c1-2-42-20-39-16-24(42)17-43-30-13-23(34(44)45)12-29(37)33(30)40-32(43)18-41-9-7-25(8-10-41)47-26-5-6-27(35)31(14-26)46-19-22-4-3-21(15-38)11-28(22)36/h3-6,11-14,16,20,25H,2,7-10,17-19H2,1H3,(H,44,45). The zero-order chi connectivity index (χ0) is 33.1. The molecule has 0 radical (unpaired) electrons. The van der Waals surface area contributed by atoms with E-state index in [4.69, 9.17) is 14.7 Å². The van der Waals surface area contributed by atoms with Gasteiger partial charge in [0.2, 0.25) is 0 Å². The third-order valence-electron chi connectivity index (χ3n) is 8.26. The summed E-state index contributed by atoms with van der Waals surface area (Å²) in [5.74, 6) is -2.20. The fourth-order valence-electron chi connectivity index (χ4n) is 5.71. The average Bonchev–Trinajstić information content (AvgIpc) is 3.67. The summed E-state index contributed by atoms with van der Waals surface area (Å²) in [6.07, 6.45) is 4.60. The Morgan fingerprint density at radius 1 is 1.04 bits per heavy atom. The second kappa shape index (κ2) is 13.6. The summed E-state index contributed by atoms with van der Waals surface area (Å²) < 4.78 is 59.3. The van der Waals surface area contributed by atoms with Crippen molar-refractivity contribution in [3.05, 3.63) is 107 Å². The maximum atomic E-state index is 15.0. The Bertz CT molecular complexity index is 1980. The zero-order valence-corrected chi connectivity index (χ0v) is 25.5. The minimum atomic E-state index is -1.22. The van der Waals surface area contributed by atoms with E-state index in [1.165, 1.54) is 36.4 Å². The van der Waals surface area contributed by atoms with Crippen LogP contribution in [-0.4, -0.2) is 54.3 Å². The number of halogens is 3. The molecule has 0 atom stereocenters. The van der Waals surface area contributed by atoms with E-state index in [0.717, 1.165) is 17.8 Å². The lowest BCUT2D eigenvalue weighted by molar-refractivity contribution is 0.0696. The molecule has 0 bridgehead atoms. The molecule has 1 N–H and O–H groups in total. The van der Waals surface area contributed by atoms with Crippen LogP contribution in [0.5, 0.6) is 11.5 Å². The number of aryl methyl sites for hydroxylation is 1. The van der Waals surface area contributed by atoms with Crippen LogP contribution in [-0.2, 0) is 26.2 Å². The normalized spacial score (nSPS) is 13.9. The number of imidazole rings is 2. The van der Waals surface area contributed by atoms with E-state index in [0.29, 0.717) is 62.7 Å². The highest BCUT2D eigenvalue weighted by atomic mass is 19.1. The first-order valence-electron chi connectivity index (χ1n) is 15.1. The largest absolute Gasteiger partial charge is 0.490 e. The second-order valence-corrected chi connectivity index (χ2v) is 11.3. The number of carboxylic acids is 1. The van der Waals surface area contributed by atoms with E-state index in [1.54, 1.807) is 12.5 Å². The first-order valence-corrected chi connectivity index (χ1v) is 15.1. The van der Waals surface area contributed by atoms with Gasteiger partial charge in [0.15, 0.2) is 17.4 Å². The molecule has 6 rings (SSSR count). The number of hydrogen-bond acceptors (Lipinski definition) is 7. The molecule has 1 saturated heterocycles. The summed E-state index contributed by atoms with van der Waals surface area (Å²) in [5.41, 5.74) is 1.61. The van der Waals surface area contributed by atoms with Gasteiger partial charge in [-0.25, -0.2) is 27.9 Å². The molecular formula is C34H31F3N6O4. The van der Waals surface area contributed by atoms with Crippen molar-refractivity contribution >= 4 is 17.0 Å². The Hall–Kier alpha value is -5.35. The van der Waals surface area contributed by atoms with Gasteiger partial charge >= 0.3 is 5.97 Å². The van der Waals surface area contributed by atoms with E-state index < -0.39 is 23.4 Å². The van der Waals surface area contributed by atoms with Gasteiger partial charge in [-0.05, 0) is 56.2 Å². The molecule has 1 fully saturated rings. The van der Waals surface area contributed by atoms with Gasteiger partial charge in [0.25, 0.3) is 0 Å². The Morgan fingerprint density at radius 3 is 2.57 bits per heavy atom. The third-order valence-corrected chi connectivity index (χ3v) is 8.26. The Morgan fingerprint density at radius 2 is 1.85 bits per heavy atom. The van der Waals surface area contributed by atoms with Crippen LogP contribution >= 0.6 is 0 Å². The van der Waals surface area contributed by atoms with Crippen LogP contribution in [0.4, 0.5) is 13.2 Å². The number of benzene rings is 3. The molecule has 242 valence electrons. The van der Waals surface area contributed by atoms with Crippen molar-refractivity contribution in [3.8, 4) is 17.6 Å². The zero-order valence-electron chi connectivity index (χ0n) is 25.5. The van der Waals surface area contributed by atoms with Crippen LogP contribution in [0.2, 0.25) is 0 Å². The van der Waals surface area contributed by atoms with Gasteiger partial charge in [0, 0.05) is 37.5 Å². The van der Waals surface area contributed by atoms with E-state index in [2.05, 4.69) is 14.9 Å². The van der Waals surface area contributed by atoms with E-state index >= 15 is 4.39 Å². The number of aromatic carboxylic acids is 1. The molecule has 0 spiro atoms. The minimum Gasteiger partial charge on any atom is -0.490 e. The van der Waals surface area contributed by atoms with Crippen molar-refractivity contribution in [2.24, 2.45) is 0 Å². The molecule has 5 aromatic rings. The maximum Gasteiger partial charge on any atom is 0.335 e. The summed E-state index contributed by atoms with van der Waals surface area (Å²) in [5, 5.41) is 18.5. The lowest BCUT2D eigenvalue weighted by Crippen LogP contribution is -2.38. The van der Waals surface area contributed by atoms with Crippen molar-refractivity contribution < 1.29 is 32.5 Å². The predicted molar refractivity (Wildman–Crippen MR) is 164 cm³/mol. The highest BCUT2D eigenvalue weighted by molar-refractivity contribution is 5.92. The molecule has 1 aliphatic heterocycles. The van der Waals surface area contributed by atoms with Crippen molar-refractivity contribution in [2.45, 2.75) is 52.1 Å². The van der Waals surface area contributed by atoms with Gasteiger partial charge in [0.1, 0.15) is 35.6 Å². The number of fused-ring (bicyclic) bond motifs is 1. The van der Waals surface area contributed by atoms with E-state index in [9.17, 15) is 18.7 Å². The number of hydrogen-bond donors (Lipinski definition) is 1. The van der Waals surface area contributed by atoms with Crippen molar-refractivity contribution in [2.75, 3.05) is 13.1 Å². The molecule has 0 amide bonds. The van der Waals surface area contributed by atoms with E-state index in [1.807, 2.05) is 22.1 Å². The third kappa shape index (κ3) is 6.92. The fraction of sp³-hybridized carbons (Fsp3) is 0.294. The molecule has 2 aromatic heterocycles. The van der Waals surface area contributed by atoms with Crippen LogP contribution < -0.4 is 9.47 Å². The number of nitriles is 1. The topological polar surface area (TPSA) is 118 Å². The Labute approximate surface area is 268 Å². The SMILES string of the molecule is CCn1cncc1Cn1c(CN2CCC(Oc3ccc(F)c(OCc4ccc(C#N)cc4F)c3)CC2)nc2c(F)cc(C(=O)O)cc21. The molecule has 3 aromatic carbocycles. The summed E-state index contributed by atoms with van der Waals surface area (Å²) in [6, 6.07) is 12.5. The van der Waals surface area contributed by atoms with Gasteiger partial charge in [-0.1, -0.05) is 6.07 Å². The van der Waals surface area contributed by atoms with Crippen molar-refractivity contribution in [1.29, 1.82) is 5.26 Å². The molecule has 47 heavy (non-hydrogen) atoms. The highest BCUT2D eigenvalue weighted by Crippen LogP contribution is 2.29. The summed E-state index contributed by atoms with van der Waals surface area (Å²) >= 11 is 0. The van der Waals surface area contributed by atoms with Crippen LogP contribution in [0.15, 0.2) is 61.1 Å². The lowest BCUT2D eigenvalue weighted by atomic mass is 10.1. The minimum absolute atomic E-state index is 0.0784. The number of piperidine rings is 1.